The van der Waals surface area contributed by atoms with E-state index in [-0.39, 0.29) is 12.0 Å². The summed E-state index contributed by atoms with van der Waals surface area (Å²) in [7, 11) is -1.72. The summed E-state index contributed by atoms with van der Waals surface area (Å²) in [5.74, 6) is 1.97. The fourth-order valence-electron chi connectivity index (χ4n) is 11.4. The Kier molecular flexibility index (Phi) is 9.36. The first-order chi connectivity index (χ1) is 30.5. The number of nitrogens with zero attached hydrogens (tertiary/aromatic N) is 3. The largest absolute Gasteiger partial charge is 0.455 e. The van der Waals surface area contributed by atoms with Crippen molar-refractivity contribution in [3.8, 4) is 39.5 Å². The lowest BCUT2D eigenvalue weighted by molar-refractivity contribution is -0.716. The molecule has 5 heterocycles. The van der Waals surface area contributed by atoms with Gasteiger partial charge >= 0.3 is 5.82 Å². The van der Waals surface area contributed by atoms with E-state index < -0.39 is 8.07 Å². The highest BCUT2D eigenvalue weighted by atomic mass is 28.3. The van der Waals surface area contributed by atoms with Crippen molar-refractivity contribution < 1.29 is 13.6 Å². The number of rotatable bonds is 5. The highest BCUT2D eigenvalue weighted by Crippen LogP contribution is 2.48. The van der Waals surface area contributed by atoms with Gasteiger partial charge in [0.25, 0.3) is 0 Å². The van der Waals surface area contributed by atoms with E-state index in [0.717, 1.165) is 75.7 Å². The molecule has 0 N–H and O–H groups in total. The number of fused-ring (bicyclic) bond motifs is 15. The lowest BCUT2D eigenvalue weighted by Crippen LogP contribution is -2.54. The Morgan fingerprint density at radius 3 is 2.27 bits per heavy atom. The minimum absolute atomic E-state index is 0.179. The minimum atomic E-state index is -1.72. The van der Waals surface area contributed by atoms with Crippen LogP contribution in [0.5, 0.6) is 0 Å². The van der Waals surface area contributed by atoms with Crippen LogP contribution in [0.3, 0.4) is 0 Å². The van der Waals surface area contributed by atoms with Crippen LogP contribution in [0.2, 0.25) is 19.6 Å². The second kappa shape index (κ2) is 14.9. The fourth-order valence-corrected chi connectivity index (χ4v) is 13.1. The topological polar surface area (TPSA) is 25.8 Å². The van der Waals surface area contributed by atoms with E-state index in [1.165, 1.54) is 55.9 Å². The molecule has 4 nitrogen and oxygen atoms in total. The Morgan fingerprint density at radius 1 is 0.778 bits per heavy atom. The van der Waals surface area contributed by atoms with Gasteiger partial charge in [0.05, 0.1) is 14.5 Å². The zero-order chi connectivity index (χ0) is 43.3. The smallest absolute Gasteiger partial charge is 0.304 e. The van der Waals surface area contributed by atoms with Gasteiger partial charge in [-0.05, 0) is 114 Å². The zero-order valence-corrected chi connectivity index (χ0v) is 38.8. The average Bonchev–Trinajstić information content (AvgIpc) is 3.81. The molecule has 0 saturated carbocycles. The Labute approximate surface area is 372 Å². The number of pyridine rings is 1. The summed E-state index contributed by atoms with van der Waals surface area (Å²) >= 11 is 0. The number of para-hydroxylation sites is 3. The SMILES string of the molecule is C=C1CC2C(CCc3ccc4c(oc5ccccc54)c3-c3n1c1ccccc1[n+]3-c1c(C)cc(-c3ccccc3)cc1C)c1ccccc1-c1cc(CC(C)C)c([Si](C)(C)C)c[n+]12. The van der Waals surface area contributed by atoms with Crippen molar-refractivity contribution in [2.24, 2.45) is 5.92 Å². The highest BCUT2D eigenvalue weighted by Gasteiger charge is 2.45. The number of aromatic nitrogens is 3. The summed E-state index contributed by atoms with van der Waals surface area (Å²) in [6, 6.07) is 49.7. The third-order valence-corrected chi connectivity index (χ3v) is 16.1. The molecule has 3 aromatic heterocycles. The molecule has 0 spiro atoms. The van der Waals surface area contributed by atoms with E-state index in [9.17, 15) is 0 Å². The molecule has 312 valence electrons. The monoisotopic (exact) mass is 839 g/mol. The molecule has 63 heavy (non-hydrogen) atoms. The Bertz CT molecular complexity index is 3280. The first kappa shape index (κ1) is 39.5. The van der Waals surface area contributed by atoms with Crippen LogP contribution in [0.15, 0.2) is 151 Å². The molecule has 2 unspecified atom stereocenters. The van der Waals surface area contributed by atoms with Crippen LogP contribution in [0.1, 0.15) is 66.5 Å². The molecule has 0 radical (unpaired) electrons. The van der Waals surface area contributed by atoms with Gasteiger partial charge < -0.3 is 4.42 Å². The van der Waals surface area contributed by atoms with Gasteiger partial charge in [0.2, 0.25) is 5.69 Å². The summed E-state index contributed by atoms with van der Waals surface area (Å²) in [6.07, 6.45) is 6.40. The molecule has 2 atom stereocenters. The molecular weight excluding hydrogens is 783 g/mol. The molecule has 9 aromatic rings. The maximum atomic E-state index is 7.07. The number of hydrogen-bond donors (Lipinski definition) is 0. The number of aryl methyl sites for hydroxylation is 3. The molecule has 0 saturated heterocycles. The molecule has 6 aromatic carbocycles. The Balaban J connectivity index is 1.22. The van der Waals surface area contributed by atoms with Gasteiger partial charge in [0, 0.05) is 33.5 Å². The Morgan fingerprint density at radius 2 is 1.49 bits per heavy atom. The van der Waals surface area contributed by atoms with E-state index in [2.05, 4.69) is 201 Å². The number of imidazole rings is 1. The predicted molar refractivity (Wildman–Crippen MR) is 265 cm³/mol. The maximum Gasteiger partial charge on any atom is 0.304 e. The van der Waals surface area contributed by atoms with Gasteiger partial charge in [-0.2, -0.15) is 13.7 Å². The quantitative estimate of drug-likeness (QED) is 0.125. The molecule has 2 aliphatic heterocycles. The van der Waals surface area contributed by atoms with Crippen molar-refractivity contribution in [1.82, 2.24) is 4.57 Å². The van der Waals surface area contributed by atoms with Gasteiger partial charge in [-0.25, -0.2) is 0 Å². The number of benzene rings is 6. The van der Waals surface area contributed by atoms with E-state index in [0.29, 0.717) is 5.92 Å². The molecule has 5 heteroatoms. The predicted octanol–water partition coefficient (Wildman–Crippen LogP) is 13.6. The lowest BCUT2D eigenvalue weighted by atomic mass is 9.77. The fraction of sp³-hybridized carbons (Fsp3) is 0.241. The summed E-state index contributed by atoms with van der Waals surface area (Å²) in [5, 5.41) is 3.86. The van der Waals surface area contributed by atoms with Crippen LogP contribution in [0.4, 0.5) is 0 Å². The third-order valence-electron chi connectivity index (χ3n) is 14.0. The van der Waals surface area contributed by atoms with Crippen molar-refractivity contribution in [2.45, 2.75) is 85.0 Å². The number of allylic oxidation sites excluding steroid dienone is 1. The normalized spacial score (nSPS) is 16.2. The lowest BCUT2D eigenvalue weighted by Gasteiger charge is -2.33. The van der Waals surface area contributed by atoms with Gasteiger partial charge in [0.15, 0.2) is 28.9 Å². The average molecular weight is 840 g/mol. The van der Waals surface area contributed by atoms with E-state index in [1.807, 2.05) is 0 Å². The molecule has 0 aliphatic carbocycles. The van der Waals surface area contributed by atoms with Crippen LogP contribution in [-0.4, -0.2) is 12.6 Å². The first-order valence-corrected chi connectivity index (χ1v) is 26.5. The van der Waals surface area contributed by atoms with Crippen molar-refractivity contribution in [3.63, 3.8) is 0 Å². The number of furan rings is 1. The van der Waals surface area contributed by atoms with Crippen LogP contribution in [-0.2, 0) is 12.8 Å². The minimum Gasteiger partial charge on any atom is -0.455 e. The van der Waals surface area contributed by atoms with Crippen LogP contribution in [0, 0.1) is 19.8 Å². The molecular formula is C58H57N3OSi+2. The maximum absolute atomic E-state index is 7.07. The van der Waals surface area contributed by atoms with Crippen molar-refractivity contribution in [1.29, 1.82) is 0 Å². The van der Waals surface area contributed by atoms with E-state index in [1.54, 1.807) is 5.19 Å². The van der Waals surface area contributed by atoms with Crippen LogP contribution < -0.4 is 14.3 Å². The van der Waals surface area contributed by atoms with Crippen LogP contribution >= 0.6 is 0 Å². The van der Waals surface area contributed by atoms with Gasteiger partial charge in [0.1, 0.15) is 22.5 Å². The molecule has 0 amide bonds. The van der Waals surface area contributed by atoms with Gasteiger partial charge in [-0.1, -0.05) is 131 Å². The van der Waals surface area contributed by atoms with Gasteiger partial charge in [-0.15, -0.1) is 0 Å². The second-order valence-electron chi connectivity index (χ2n) is 19.8. The zero-order valence-electron chi connectivity index (χ0n) is 37.8. The van der Waals surface area contributed by atoms with Gasteiger partial charge in [-0.3, -0.25) is 0 Å². The number of hydrogen-bond acceptors (Lipinski definition) is 1. The highest BCUT2D eigenvalue weighted by molar-refractivity contribution is 6.89. The molecule has 11 rings (SSSR count). The third kappa shape index (κ3) is 6.38. The van der Waals surface area contributed by atoms with Crippen LogP contribution in [0.25, 0.3) is 78.1 Å². The first-order valence-electron chi connectivity index (χ1n) is 23.0. The van der Waals surface area contributed by atoms with Crippen molar-refractivity contribution in [3.05, 3.63) is 174 Å². The summed E-state index contributed by atoms with van der Waals surface area (Å²) in [5.41, 5.74) is 19.5. The van der Waals surface area contributed by atoms with E-state index >= 15 is 0 Å². The second-order valence-corrected chi connectivity index (χ2v) is 24.8. The molecule has 0 fully saturated rings. The van der Waals surface area contributed by atoms with E-state index in [4.69, 9.17) is 11.0 Å². The summed E-state index contributed by atoms with van der Waals surface area (Å²) < 4.78 is 14.8. The molecule has 2 aliphatic rings. The van der Waals surface area contributed by atoms with Crippen molar-refractivity contribution in [2.75, 3.05) is 0 Å². The standard InChI is InChI=1S/C58H57N3OSi/c1-36(2)30-43-34-52-45-21-13-12-20-44(45)46-28-26-41-27-29-48-47-22-14-17-25-53(47)62-57(48)55(41)58-60(39(5)33-51(46)59(52)35-54(43)63(6,7)8)49-23-15-16-24-50(49)61(58)56-37(3)31-42(32-38(56)4)40-18-10-9-11-19-40/h9-25,27,29,31-32,34-36,46,51H,5,26,28,30,33H2,1-4,6-8H3/q+2. The summed E-state index contributed by atoms with van der Waals surface area (Å²) in [6.45, 7) is 22.0. The Hall–Kier alpha value is -6.30. The molecule has 0 bridgehead atoms. The van der Waals surface area contributed by atoms with Crippen molar-refractivity contribution >= 4 is 51.9 Å². The summed E-state index contributed by atoms with van der Waals surface area (Å²) in [4.78, 5) is 0.